The third-order valence-electron chi connectivity index (χ3n) is 2.50. The minimum absolute atomic E-state index is 0.0990. The van der Waals surface area contributed by atoms with Crippen LogP contribution in [0.5, 0.6) is 0 Å². The van der Waals surface area contributed by atoms with E-state index in [0.29, 0.717) is 6.07 Å². The number of nitrogen functional groups attached to an aromatic ring is 1. The number of benzene rings is 2. The van der Waals surface area contributed by atoms with Gasteiger partial charge < -0.3 is 5.73 Å². The highest BCUT2D eigenvalue weighted by Gasteiger charge is 2.21. The van der Waals surface area contributed by atoms with Gasteiger partial charge in [0.25, 0.3) is 10.0 Å². The first-order valence-corrected chi connectivity index (χ1v) is 8.08. The molecule has 4 nitrogen and oxygen atoms in total. The zero-order chi connectivity index (χ0) is 15.8. The smallest absolute Gasteiger partial charge is 0.263 e. The quantitative estimate of drug-likeness (QED) is 0.775. The van der Waals surface area contributed by atoms with E-state index < -0.39 is 21.7 Å². The molecule has 2 aromatic rings. The van der Waals surface area contributed by atoms with E-state index in [2.05, 4.69) is 15.9 Å². The van der Waals surface area contributed by atoms with E-state index in [1.54, 1.807) is 0 Å². The molecular weight excluding hydrogens is 390 g/mol. The molecule has 0 spiro atoms. The molecule has 0 bridgehead atoms. The van der Waals surface area contributed by atoms with Crippen molar-refractivity contribution < 1.29 is 17.2 Å². The van der Waals surface area contributed by atoms with Crippen LogP contribution in [0.25, 0.3) is 0 Å². The number of sulfonamides is 1. The number of nitrogens with one attached hydrogen (secondary N) is 1. The predicted molar refractivity (Wildman–Crippen MR) is 80.7 cm³/mol. The van der Waals surface area contributed by atoms with Crippen molar-refractivity contribution in [2.24, 2.45) is 0 Å². The minimum atomic E-state index is -4.15. The van der Waals surface area contributed by atoms with Crippen molar-refractivity contribution in [3.05, 3.63) is 51.5 Å². The average Bonchev–Trinajstić information content (AvgIpc) is 2.37. The van der Waals surface area contributed by atoms with Crippen molar-refractivity contribution in [1.82, 2.24) is 0 Å². The largest absolute Gasteiger partial charge is 0.398 e. The number of rotatable bonds is 3. The van der Waals surface area contributed by atoms with Crippen molar-refractivity contribution in [3.8, 4) is 0 Å². The summed E-state index contributed by atoms with van der Waals surface area (Å²) < 4.78 is 52.9. The summed E-state index contributed by atoms with van der Waals surface area (Å²) in [5.41, 5.74) is 5.34. The Morgan fingerprint density at radius 2 is 1.86 bits per heavy atom. The van der Waals surface area contributed by atoms with Gasteiger partial charge in [0.1, 0.15) is 16.5 Å². The first kappa shape index (κ1) is 16.0. The van der Waals surface area contributed by atoms with Crippen molar-refractivity contribution in [1.29, 1.82) is 0 Å². The second kappa shape index (κ2) is 5.78. The normalized spacial score (nSPS) is 11.4. The topological polar surface area (TPSA) is 72.2 Å². The van der Waals surface area contributed by atoms with Crippen LogP contribution in [-0.4, -0.2) is 8.42 Å². The van der Waals surface area contributed by atoms with Crippen LogP contribution in [0, 0.1) is 11.6 Å². The van der Waals surface area contributed by atoms with Crippen LogP contribution >= 0.6 is 27.5 Å². The molecule has 0 fully saturated rings. The molecule has 112 valence electrons. The molecule has 0 aliphatic carbocycles. The standard InChI is InChI=1S/C12H8BrClF2N2O2S/c13-12-9(17)3-6(14)4-11(12)21(19,20)18-10-2-1-7(15)5-8(10)16/h1-5,18H,17H2. The highest BCUT2D eigenvalue weighted by atomic mass is 79.9. The molecule has 0 aliphatic heterocycles. The van der Waals surface area contributed by atoms with E-state index in [0.717, 1.165) is 18.2 Å². The minimum Gasteiger partial charge on any atom is -0.398 e. The molecule has 0 aliphatic rings. The molecule has 9 heteroatoms. The molecule has 0 unspecified atom stereocenters. The van der Waals surface area contributed by atoms with E-state index in [1.165, 1.54) is 6.07 Å². The number of hydrogen-bond donors (Lipinski definition) is 2. The van der Waals surface area contributed by atoms with Gasteiger partial charge in [-0.25, -0.2) is 17.2 Å². The Hall–Kier alpha value is -1.38. The molecule has 0 saturated carbocycles. The van der Waals surface area contributed by atoms with E-state index in [4.69, 9.17) is 17.3 Å². The van der Waals surface area contributed by atoms with Gasteiger partial charge in [0.2, 0.25) is 0 Å². The molecule has 0 atom stereocenters. The van der Waals surface area contributed by atoms with Crippen molar-refractivity contribution >= 4 is 48.9 Å². The Kier molecular flexibility index (Phi) is 4.40. The van der Waals surface area contributed by atoms with E-state index in [9.17, 15) is 17.2 Å². The molecule has 2 aromatic carbocycles. The van der Waals surface area contributed by atoms with Gasteiger partial charge in [0.15, 0.2) is 0 Å². The van der Waals surface area contributed by atoms with Gasteiger partial charge in [0.05, 0.1) is 10.2 Å². The fourth-order valence-electron chi connectivity index (χ4n) is 1.55. The molecule has 0 saturated heterocycles. The van der Waals surface area contributed by atoms with Crippen LogP contribution in [0.1, 0.15) is 0 Å². The molecule has 0 heterocycles. The van der Waals surface area contributed by atoms with Gasteiger partial charge in [-0.2, -0.15) is 0 Å². The van der Waals surface area contributed by atoms with Gasteiger partial charge in [-0.3, -0.25) is 4.72 Å². The summed E-state index contributed by atoms with van der Waals surface area (Å²) in [5, 5.41) is 0.107. The summed E-state index contributed by atoms with van der Waals surface area (Å²) >= 11 is 8.80. The highest BCUT2D eigenvalue weighted by molar-refractivity contribution is 9.10. The van der Waals surface area contributed by atoms with Crippen LogP contribution in [-0.2, 0) is 10.0 Å². The fourth-order valence-corrected chi connectivity index (χ4v) is 3.91. The maximum Gasteiger partial charge on any atom is 0.263 e. The number of halogens is 4. The lowest BCUT2D eigenvalue weighted by atomic mass is 10.3. The van der Waals surface area contributed by atoms with Crippen LogP contribution in [0.2, 0.25) is 5.02 Å². The zero-order valence-corrected chi connectivity index (χ0v) is 13.4. The van der Waals surface area contributed by atoms with Crippen LogP contribution in [0.15, 0.2) is 39.7 Å². The van der Waals surface area contributed by atoms with Crippen molar-refractivity contribution in [2.45, 2.75) is 4.90 Å². The molecule has 0 amide bonds. The lowest BCUT2D eigenvalue weighted by Crippen LogP contribution is -2.15. The second-order valence-corrected chi connectivity index (χ2v) is 6.92. The molecule has 21 heavy (non-hydrogen) atoms. The number of anilines is 2. The number of hydrogen-bond acceptors (Lipinski definition) is 3. The van der Waals surface area contributed by atoms with Crippen LogP contribution < -0.4 is 10.5 Å². The first-order valence-electron chi connectivity index (χ1n) is 5.43. The third-order valence-corrected chi connectivity index (χ3v) is 5.25. The van der Waals surface area contributed by atoms with E-state index in [-0.39, 0.29) is 25.8 Å². The second-order valence-electron chi connectivity index (χ2n) is 4.04. The summed E-state index contributed by atoms with van der Waals surface area (Å²) in [5.74, 6) is -1.85. The lowest BCUT2D eigenvalue weighted by molar-refractivity contribution is 0.582. The Morgan fingerprint density at radius 1 is 1.19 bits per heavy atom. The van der Waals surface area contributed by atoms with Crippen molar-refractivity contribution in [2.75, 3.05) is 10.5 Å². The van der Waals surface area contributed by atoms with Crippen LogP contribution in [0.4, 0.5) is 20.2 Å². The molecule has 3 N–H and O–H groups in total. The molecular formula is C12H8BrClF2N2O2S. The Labute approximate surface area is 133 Å². The summed E-state index contributed by atoms with van der Waals surface area (Å²) in [6.07, 6.45) is 0. The zero-order valence-electron chi connectivity index (χ0n) is 10.2. The summed E-state index contributed by atoms with van der Waals surface area (Å²) in [7, 11) is -4.15. The van der Waals surface area contributed by atoms with Gasteiger partial charge >= 0.3 is 0 Å². The summed E-state index contributed by atoms with van der Waals surface area (Å²) in [6.45, 7) is 0. The third kappa shape index (κ3) is 3.45. The van der Waals surface area contributed by atoms with Gasteiger partial charge in [-0.1, -0.05) is 11.6 Å². The Balaban J connectivity index is 2.48. The Bertz CT molecular complexity index is 815. The molecule has 0 aromatic heterocycles. The average molecular weight is 398 g/mol. The molecule has 2 rings (SSSR count). The summed E-state index contributed by atoms with van der Waals surface area (Å²) in [4.78, 5) is -0.253. The van der Waals surface area contributed by atoms with E-state index in [1.807, 2.05) is 4.72 Å². The maximum atomic E-state index is 13.5. The fraction of sp³-hybridized carbons (Fsp3) is 0. The van der Waals surface area contributed by atoms with Gasteiger partial charge in [0, 0.05) is 16.8 Å². The highest BCUT2D eigenvalue weighted by Crippen LogP contribution is 2.32. The van der Waals surface area contributed by atoms with Gasteiger partial charge in [-0.05, 0) is 40.2 Å². The summed E-state index contributed by atoms with van der Waals surface area (Å²) in [6, 6.07) is 5.00. The first-order chi connectivity index (χ1) is 9.70. The van der Waals surface area contributed by atoms with E-state index >= 15 is 0 Å². The number of nitrogens with two attached hydrogens (primary N) is 1. The van der Waals surface area contributed by atoms with Gasteiger partial charge in [-0.15, -0.1) is 0 Å². The maximum absolute atomic E-state index is 13.5. The van der Waals surface area contributed by atoms with Crippen LogP contribution in [0.3, 0.4) is 0 Å². The van der Waals surface area contributed by atoms with Crippen molar-refractivity contribution in [3.63, 3.8) is 0 Å². The Morgan fingerprint density at radius 3 is 2.48 bits per heavy atom. The SMILES string of the molecule is Nc1cc(Cl)cc(S(=O)(=O)Nc2ccc(F)cc2F)c1Br. The lowest BCUT2D eigenvalue weighted by Gasteiger charge is -2.12. The monoisotopic (exact) mass is 396 g/mol. The predicted octanol–water partition coefficient (Wildman–Crippen LogP) is 3.76. The molecule has 0 radical (unpaired) electrons.